The van der Waals surface area contributed by atoms with E-state index in [4.69, 9.17) is 9.47 Å². The van der Waals surface area contributed by atoms with E-state index in [0.29, 0.717) is 6.61 Å². The summed E-state index contributed by atoms with van der Waals surface area (Å²) in [7, 11) is 3.99. The number of aromatic nitrogens is 2. The van der Waals surface area contributed by atoms with E-state index in [-0.39, 0.29) is 6.10 Å². The number of nitrogens with zero attached hydrogens (tertiary/aromatic N) is 3. The Morgan fingerprint density at radius 3 is 2.77 bits per heavy atom. The van der Waals surface area contributed by atoms with E-state index >= 15 is 0 Å². The number of hydrogen-bond acceptors (Lipinski definition) is 5. The van der Waals surface area contributed by atoms with Crippen LogP contribution in [0.5, 0.6) is 11.5 Å². The van der Waals surface area contributed by atoms with E-state index < -0.39 is 0 Å². The highest BCUT2D eigenvalue weighted by molar-refractivity contribution is 5.43. The van der Waals surface area contributed by atoms with Crippen molar-refractivity contribution in [3.8, 4) is 11.5 Å². The standard InChI is InChI=1S/C17H21N3O2/c1-12-10-18-16(19-17(12)20(2)3)9-8-13-11-21-14-6-4-5-7-15(14)22-13/h4-7,10,13H,8-9,11H2,1-3H3/t13-/m1/s1. The summed E-state index contributed by atoms with van der Waals surface area (Å²) in [5.41, 5.74) is 1.08. The Bertz CT molecular complexity index is 658. The molecule has 2 aromatic rings. The molecule has 1 aromatic heterocycles. The van der Waals surface area contributed by atoms with Crippen molar-refractivity contribution in [1.82, 2.24) is 9.97 Å². The van der Waals surface area contributed by atoms with Gasteiger partial charge in [-0.2, -0.15) is 0 Å². The molecule has 0 amide bonds. The molecule has 0 radical (unpaired) electrons. The minimum atomic E-state index is 0.0441. The highest BCUT2D eigenvalue weighted by Gasteiger charge is 2.20. The first-order valence-corrected chi connectivity index (χ1v) is 7.52. The fourth-order valence-corrected chi connectivity index (χ4v) is 2.54. The number of aryl methyl sites for hydroxylation is 2. The summed E-state index contributed by atoms with van der Waals surface area (Å²) in [6.45, 7) is 2.59. The van der Waals surface area contributed by atoms with E-state index in [9.17, 15) is 0 Å². The van der Waals surface area contributed by atoms with Gasteiger partial charge in [-0.1, -0.05) is 12.1 Å². The Balaban J connectivity index is 1.63. The third-order valence-electron chi connectivity index (χ3n) is 3.68. The van der Waals surface area contributed by atoms with Gasteiger partial charge in [-0.25, -0.2) is 9.97 Å². The maximum atomic E-state index is 5.96. The summed E-state index contributed by atoms with van der Waals surface area (Å²) >= 11 is 0. The topological polar surface area (TPSA) is 47.5 Å². The van der Waals surface area contributed by atoms with Gasteiger partial charge in [-0.15, -0.1) is 0 Å². The van der Waals surface area contributed by atoms with Crippen LogP contribution in [0.4, 0.5) is 5.82 Å². The monoisotopic (exact) mass is 299 g/mol. The molecule has 0 N–H and O–H groups in total. The van der Waals surface area contributed by atoms with Crippen LogP contribution < -0.4 is 14.4 Å². The largest absolute Gasteiger partial charge is 0.486 e. The van der Waals surface area contributed by atoms with Gasteiger partial charge in [0.05, 0.1) is 0 Å². The first kappa shape index (κ1) is 14.6. The van der Waals surface area contributed by atoms with E-state index in [1.807, 2.05) is 56.4 Å². The predicted molar refractivity (Wildman–Crippen MR) is 85.8 cm³/mol. The van der Waals surface area contributed by atoms with Crippen LogP contribution in [0, 0.1) is 6.92 Å². The number of rotatable bonds is 4. The van der Waals surface area contributed by atoms with Gasteiger partial charge < -0.3 is 14.4 Å². The Morgan fingerprint density at radius 2 is 2.00 bits per heavy atom. The minimum absolute atomic E-state index is 0.0441. The van der Waals surface area contributed by atoms with Crippen LogP contribution in [0.15, 0.2) is 30.5 Å². The molecule has 0 saturated carbocycles. The molecule has 116 valence electrons. The average Bonchev–Trinajstić information content (AvgIpc) is 2.53. The summed E-state index contributed by atoms with van der Waals surface area (Å²) in [4.78, 5) is 11.0. The Kier molecular flexibility index (Phi) is 4.13. The number of fused-ring (bicyclic) bond motifs is 1. The third kappa shape index (κ3) is 3.13. The van der Waals surface area contributed by atoms with Gasteiger partial charge >= 0.3 is 0 Å². The van der Waals surface area contributed by atoms with Gasteiger partial charge in [0.25, 0.3) is 0 Å². The van der Waals surface area contributed by atoms with E-state index in [1.54, 1.807) is 0 Å². The van der Waals surface area contributed by atoms with Crippen LogP contribution in [0.25, 0.3) is 0 Å². The lowest BCUT2D eigenvalue weighted by Gasteiger charge is -2.26. The van der Waals surface area contributed by atoms with Gasteiger partial charge in [0, 0.05) is 32.3 Å². The van der Waals surface area contributed by atoms with Gasteiger partial charge in [-0.3, -0.25) is 0 Å². The van der Waals surface area contributed by atoms with Crippen LogP contribution in [-0.4, -0.2) is 36.8 Å². The lowest BCUT2D eigenvalue weighted by Crippen LogP contribution is -2.29. The van der Waals surface area contributed by atoms with E-state index in [0.717, 1.165) is 41.5 Å². The summed E-state index contributed by atoms with van der Waals surface area (Å²) in [5, 5.41) is 0. The molecule has 0 aliphatic carbocycles. The summed E-state index contributed by atoms with van der Waals surface area (Å²) < 4.78 is 11.7. The van der Waals surface area contributed by atoms with Crippen molar-refractivity contribution in [3.63, 3.8) is 0 Å². The molecule has 0 fully saturated rings. The summed E-state index contributed by atoms with van der Waals surface area (Å²) in [5.74, 6) is 3.45. The molecule has 2 heterocycles. The van der Waals surface area contributed by atoms with Crippen molar-refractivity contribution in [1.29, 1.82) is 0 Å². The van der Waals surface area contributed by atoms with Crippen molar-refractivity contribution in [3.05, 3.63) is 41.9 Å². The van der Waals surface area contributed by atoms with E-state index in [2.05, 4.69) is 9.97 Å². The molecule has 3 rings (SSSR count). The van der Waals surface area contributed by atoms with Crippen molar-refractivity contribution in [2.45, 2.75) is 25.9 Å². The first-order valence-electron chi connectivity index (χ1n) is 7.52. The molecule has 0 bridgehead atoms. The zero-order valence-electron chi connectivity index (χ0n) is 13.2. The van der Waals surface area contributed by atoms with Crippen LogP contribution in [0.3, 0.4) is 0 Å². The van der Waals surface area contributed by atoms with Crippen LogP contribution in [0.1, 0.15) is 17.8 Å². The quantitative estimate of drug-likeness (QED) is 0.868. The zero-order chi connectivity index (χ0) is 15.5. The SMILES string of the molecule is Cc1cnc(CC[C@@H]2COc3ccccc3O2)nc1N(C)C. The second kappa shape index (κ2) is 6.22. The van der Waals surface area contributed by atoms with Crippen LogP contribution in [-0.2, 0) is 6.42 Å². The zero-order valence-corrected chi connectivity index (χ0v) is 13.2. The van der Waals surface area contributed by atoms with Crippen molar-refractivity contribution in [2.75, 3.05) is 25.6 Å². The molecule has 1 aliphatic rings. The number of hydrogen-bond donors (Lipinski definition) is 0. The maximum absolute atomic E-state index is 5.96. The second-order valence-corrected chi connectivity index (χ2v) is 5.72. The predicted octanol–water partition coefficient (Wildman–Crippen LogP) is 2.62. The van der Waals surface area contributed by atoms with Crippen LogP contribution in [0.2, 0.25) is 0 Å². The second-order valence-electron chi connectivity index (χ2n) is 5.72. The Labute approximate surface area is 130 Å². The molecule has 22 heavy (non-hydrogen) atoms. The summed E-state index contributed by atoms with van der Waals surface area (Å²) in [6, 6.07) is 7.77. The van der Waals surface area contributed by atoms with Crippen molar-refractivity contribution in [2.24, 2.45) is 0 Å². The molecule has 5 heteroatoms. The van der Waals surface area contributed by atoms with Gasteiger partial charge in [-0.05, 0) is 25.5 Å². The Morgan fingerprint density at radius 1 is 1.23 bits per heavy atom. The smallest absolute Gasteiger partial charge is 0.161 e. The molecule has 0 spiro atoms. The Hall–Kier alpha value is -2.30. The third-order valence-corrected chi connectivity index (χ3v) is 3.68. The fraction of sp³-hybridized carbons (Fsp3) is 0.412. The molecular formula is C17H21N3O2. The number of para-hydroxylation sites is 2. The fourth-order valence-electron chi connectivity index (χ4n) is 2.54. The van der Waals surface area contributed by atoms with Gasteiger partial charge in [0.1, 0.15) is 24.4 Å². The average molecular weight is 299 g/mol. The maximum Gasteiger partial charge on any atom is 0.161 e. The summed E-state index contributed by atoms with van der Waals surface area (Å²) in [6.07, 6.45) is 3.54. The lowest BCUT2D eigenvalue weighted by molar-refractivity contribution is 0.0847. The van der Waals surface area contributed by atoms with E-state index in [1.165, 1.54) is 0 Å². The van der Waals surface area contributed by atoms with Gasteiger partial charge in [0.15, 0.2) is 11.5 Å². The molecule has 0 saturated heterocycles. The van der Waals surface area contributed by atoms with Crippen LogP contribution >= 0.6 is 0 Å². The molecule has 1 aromatic carbocycles. The molecular weight excluding hydrogens is 278 g/mol. The lowest BCUT2D eigenvalue weighted by atomic mass is 10.1. The van der Waals surface area contributed by atoms with Crippen molar-refractivity contribution < 1.29 is 9.47 Å². The first-order chi connectivity index (χ1) is 10.6. The molecule has 1 aliphatic heterocycles. The number of benzene rings is 1. The molecule has 0 unspecified atom stereocenters. The van der Waals surface area contributed by atoms with Gasteiger partial charge in [0.2, 0.25) is 0 Å². The molecule has 1 atom stereocenters. The number of anilines is 1. The minimum Gasteiger partial charge on any atom is -0.486 e. The highest BCUT2D eigenvalue weighted by atomic mass is 16.6. The number of ether oxygens (including phenoxy) is 2. The normalized spacial score (nSPS) is 16.4. The highest BCUT2D eigenvalue weighted by Crippen LogP contribution is 2.31. The van der Waals surface area contributed by atoms with Crippen molar-refractivity contribution >= 4 is 5.82 Å². The molecule has 5 nitrogen and oxygen atoms in total.